The minimum absolute atomic E-state index is 0.340. The molecule has 0 radical (unpaired) electrons. The number of halogens is 1. The maximum atomic E-state index is 6.32. The summed E-state index contributed by atoms with van der Waals surface area (Å²) in [7, 11) is 5.86. The largest absolute Gasteiger partial charge is 0.495 e. The lowest BCUT2D eigenvalue weighted by molar-refractivity contribution is 0.252. The van der Waals surface area contributed by atoms with Crippen LogP contribution in [0.2, 0.25) is 5.02 Å². The molecule has 182 valence electrons. The topological polar surface area (TPSA) is 78.4 Å². The van der Waals surface area contributed by atoms with E-state index in [1.807, 2.05) is 18.2 Å². The van der Waals surface area contributed by atoms with Gasteiger partial charge in [-0.2, -0.15) is 15.0 Å². The molecule has 1 fully saturated rings. The fourth-order valence-corrected chi connectivity index (χ4v) is 4.49. The lowest BCUT2D eigenvalue weighted by atomic mass is 10.0. The molecule has 1 saturated heterocycles. The number of anilines is 4. The predicted molar refractivity (Wildman–Crippen MR) is 137 cm³/mol. The Balaban J connectivity index is 1.88. The minimum atomic E-state index is 0.340. The van der Waals surface area contributed by atoms with Gasteiger partial charge in [0.2, 0.25) is 17.8 Å². The number of piperidine rings is 1. The Labute approximate surface area is 203 Å². The van der Waals surface area contributed by atoms with Crippen LogP contribution in [0.25, 0.3) is 0 Å². The summed E-state index contributed by atoms with van der Waals surface area (Å²) in [6.45, 7) is 6.57. The average Bonchev–Trinajstić information content (AvgIpc) is 2.79. The molecule has 9 heteroatoms. The number of aromatic nitrogens is 3. The van der Waals surface area contributed by atoms with Gasteiger partial charge in [0.15, 0.2) is 0 Å². The first-order chi connectivity index (χ1) is 15.9. The van der Waals surface area contributed by atoms with E-state index in [9.17, 15) is 0 Å². The maximum absolute atomic E-state index is 6.32. The van der Waals surface area contributed by atoms with Crippen molar-refractivity contribution in [3.05, 3.63) is 23.2 Å². The fraction of sp³-hybridized carbons (Fsp3) is 0.625. The lowest BCUT2D eigenvalue weighted by Gasteiger charge is -2.35. The molecule has 1 aliphatic rings. The third-order valence-corrected chi connectivity index (χ3v) is 6.49. The van der Waals surface area contributed by atoms with Gasteiger partial charge in [-0.15, -0.1) is 0 Å². The van der Waals surface area contributed by atoms with Crippen molar-refractivity contribution in [3.63, 3.8) is 0 Å². The number of rotatable bonds is 11. The summed E-state index contributed by atoms with van der Waals surface area (Å²) in [5.41, 5.74) is 0.796. The second-order valence-corrected chi connectivity index (χ2v) is 9.23. The van der Waals surface area contributed by atoms with E-state index < -0.39 is 0 Å². The Kier molecular flexibility index (Phi) is 9.38. The number of likely N-dealkylation sites (tertiary alicyclic amines) is 1. The van der Waals surface area contributed by atoms with Gasteiger partial charge < -0.3 is 25.2 Å². The molecule has 2 aromatic rings. The number of benzene rings is 1. The van der Waals surface area contributed by atoms with E-state index in [0.717, 1.165) is 57.3 Å². The van der Waals surface area contributed by atoms with Crippen molar-refractivity contribution in [2.24, 2.45) is 0 Å². The molecule has 1 aromatic carbocycles. The number of nitrogens with one attached hydrogen (secondary N) is 2. The molecular weight excluding hydrogens is 438 g/mol. The molecule has 0 aliphatic carbocycles. The Morgan fingerprint density at radius 2 is 1.79 bits per heavy atom. The van der Waals surface area contributed by atoms with Crippen molar-refractivity contribution in [3.8, 4) is 5.75 Å². The molecule has 1 aromatic heterocycles. The van der Waals surface area contributed by atoms with Gasteiger partial charge in [0, 0.05) is 24.8 Å². The van der Waals surface area contributed by atoms with Crippen molar-refractivity contribution in [1.29, 1.82) is 0 Å². The van der Waals surface area contributed by atoms with Gasteiger partial charge in [0.05, 0.1) is 12.1 Å². The first-order valence-electron chi connectivity index (χ1n) is 12.0. The first-order valence-corrected chi connectivity index (χ1v) is 12.4. The molecule has 0 bridgehead atoms. The third-order valence-electron chi connectivity index (χ3n) is 6.19. The highest BCUT2D eigenvalue weighted by molar-refractivity contribution is 6.32. The van der Waals surface area contributed by atoms with E-state index >= 15 is 0 Å². The van der Waals surface area contributed by atoms with E-state index in [-0.39, 0.29) is 0 Å². The van der Waals surface area contributed by atoms with Crippen molar-refractivity contribution < 1.29 is 4.74 Å². The van der Waals surface area contributed by atoms with E-state index in [1.165, 1.54) is 0 Å². The number of nitrogens with zero attached hydrogens (tertiary/aromatic N) is 5. The predicted octanol–water partition coefficient (Wildman–Crippen LogP) is 5.19. The van der Waals surface area contributed by atoms with E-state index in [0.29, 0.717) is 40.7 Å². The first kappa shape index (κ1) is 25.3. The van der Waals surface area contributed by atoms with Crippen LogP contribution in [-0.4, -0.2) is 66.2 Å². The van der Waals surface area contributed by atoms with E-state index in [2.05, 4.69) is 48.4 Å². The van der Waals surface area contributed by atoms with Crippen LogP contribution < -0.4 is 20.3 Å². The summed E-state index contributed by atoms with van der Waals surface area (Å²) in [6, 6.07) is 6.29. The summed E-state index contributed by atoms with van der Waals surface area (Å²) in [6.07, 6.45) is 6.56. The Bertz CT molecular complexity index is 883. The van der Waals surface area contributed by atoms with Crippen molar-refractivity contribution in [2.45, 2.75) is 64.5 Å². The summed E-state index contributed by atoms with van der Waals surface area (Å²) >= 11 is 6.32. The van der Waals surface area contributed by atoms with Gasteiger partial charge in [-0.3, -0.25) is 0 Å². The van der Waals surface area contributed by atoms with Gasteiger partial charge in [-0.25, -0.2) is 0 Å². The van der Waals surface area contributed by atoms with Crippen molar-refractivity contribution >= 4 is 35.1 Å². The molecular formula is C24H38ClN7O. The minimum Gasteiger partial charge on any atom is -0.495 e. The van der Waals surface area contributed by atoms with Crippen LogP contribution in [0, 0.1) is 0 Å². The molecule has 33 heavy (non-hydrogen) atoms. The molecule has 8 nitrogen and oxygen atoms in total. The van der Waals surface area contributed by atoms with Gasteiger partial charge in [0.25, 0.3) is 0 Å². The van der Waals surface area contributed by atoms with Gasteiger partial charge in [-0.1, -0.05) is 38.3 Å². The van der Waals surface area contributed by atoms with Crippen LogP contribution in [0.15, 0.2) is 18.2 Å². The SMILES string of the molecule is CCCC(CCC)Nc1nc(Nc2ccc(OC)c(Cl)c2)nc(N(C)C2CCN(C)CC2)n1. The molecule has 2 heterocycles. The number of ether oxygens (including phenoxy) is 1. The second kappa shape index (κ2) is 12.2. The fourth-order valence-electron chi connectivity index (χ4n) is 4.23. The number of hydrogen-bond acceptors (Lipinski definition) is 8. The third kappa shape index (κ3) is 7.08. The van der Waals surface area contributed by atoms with Crippen LogP contribution in [0.1, 0.15) is 52.4 Å². The van der Waals surface area contributed by atoms with Crippen LogP contribution in [0.3, 0.4) is 0 Å². The standard InChI is InChI=1S/C24H38ClN7O/c1-6-8-17(9-7-2)26-22-28-23(27-18-10-11-21(33-5)20(25)16-18)30-24(29-22)32(4)19-12-14-31(3)15-13-19/h10-11,16-17,19H,6-9,12-15H2,1-5H3,(H2,26,27,28,29,30). The summed E-state index contributed by atoms with van der Waals surface area (Å²) < 4.78 is 5.26. The number of methoxy groups -OCH3 is 1. The molecule has 0 saturated carbocycles. The molecule has 0 atom stereocenters. The normalized spacial score (nSPS) is 15.0. The Morgan fingerprint density at radius 3 is 2.39 bits per heavy atom. The van der Waals surface area contributed by atoms with E-state index in [4.69, 9.17) is 31.3 Å². The highest BCUT2D eigenvalue weighted by Crippen LogP contribution is 2.29. The molecule has 1 aliphatic heterocycles. The second-order valence-electron chi connectivity index (χ2n) is 8.82. The van der Waals surface area contributed by atoms with E-state index in [1.54, 1.807) is 7.11 Å². The zero-order valence-electron chi connectivity index (χ0n) is 20.6. The zero-order valence-corrected chi connectivity index (χ0v) is 21.3. The van der Waals surface area contributed by atoms with Gasteiger partial charge in [-0.05, 0) is 64.0 Å². The molecule has 2 N–H and O–H groups in total. The molecule has 0 amide bonds. The summed E-state index contributed by atoms with van der Waals surface area (Å²) in [4.78, 5) is 18.8. The highest BCUT2D eigenvalue weighted by Gasteiger charge is 2.24. The highest BCUT2D eigenvalue weighted by atomic mass is 35.5. The smallest absolute Gasteiger partial charge is 0.233 e. The molecule has 0 unspecified atom stereocenters. The average molecular weight is 476 g/mol. The summed E-state index contributed by atoms with van der Waals surface area (Å²) in [5.74, 6) is 2.41. The van der Waals surface area contributed by atoms with Crippen LogP contribution in [0.5, 0.6) is 5.75 Å². The van der Waals surface area contributed by atoms with Crippen molar-refractivity contribution in [2.75, 3.05) is 49.8 Å². The monoisotopic (exact) mass is 475 g/mol. The number of hydrogen-bond donors (Lipinski definition) is 2. The van der Waals surface area contributed by atoms with Crippen LogP contribution >= 0.6 is 11.6 Å². The molecule has 0 spiro atoms. The van der Waals surface area contributed by atoms with Gasteiger partial charge in [0.1, 0.15) is 5.75 Å². The van der Waals surface area contributed by atoms with Crippen molar-refractivity contribution in [1.82, 2.24) is 19.9 Å². The van der Waals surface area contributed by atoms with Gasteiger partial charge >= 0.3 is 0 Å². The lowest BCUT2D eigenvalue weighted by Crippen LogP contribution is -2.42. The van der Waals surface area contributed by atoms with Crippen LogP contribution in [-0.2, 0) is 0 Å². The Hall–Kier alpha value is -2.32. The maximum Gasteiger partial charge on any atom is 0.233 e. The quantitative estimate of drug-likeness (QED) is 0.459. The molecule has 3 rings (SSSR count). The zero-order chi connectivity index (χ0) is 23.8. The summed E-state index contributed by atoms with van der Waals surface area (Å²) in [5, 5.41) is 7.39. The van der Waals surface area contributed by atoms with Crippen LogP contribution in [0.4, 0.5) is 23.5 Å². The Morgan fingerprint density at radius 1 is 1.12 bits per heavy atom.